The van der Waals surface area contributed by atoms with Crippen molar-refractivity contribution in [2.45, 2.75) is 19.3 Å². The number of nitrogens with two attached hydrogens (primary N) is 1. The first-order valence-corrected chi connectivity index (χ1v) is 10.4. The number of aliphatic hydroxyl groups excluding tert-OH is 1. The van der Waals surface area contributed by atoms with Gasteiger partial charge in [0.25, 0.3) is 0 Å². The monoisotopic (exact) mass is 474 g/mol. The van der Waals surface area contributed by atoms with Crippen molar-refractivity contribution < 1.29 is 13.9 Å². The minimum atomic E-state index is -1.11. The van der Waals surface area contributed by atoms with Crippen LogP contribution >= 0.6 is 12.4 Å². The molecule has 7 nitrogen and oxygen atoms in total. The van der Waals surface area contributed by atoms with E-state index in [0.717, 1.165) is 17.5 Å². The Morgan fingerprint density at radius 3 is 2.36 bits per heavy atom. The number of hydrogen-bond donors (Lipinski definition) is 2. The van der Waals surface area contributed by atoms with Crippen molar-refractivity contribution in [2.24, 2.45) is 17.9 Å². The highest BCUT2D eigenvalue weighted by atomic mass is 35.5. The SMILES string of the molecule is CN1N=C(c2cn(C)c3ccc(F)cc23)N(c2cn(CCCN)c3ccc(F)cc23)C1O.Cl. The zero-order chi connectivity index (χ0) is 22.6. The first-order chi connectivity index (χ1) is 15.4. The van der Waals surface area contributed by atoms with E-state index in [1.54, 1.807) is 24.1 Å². The third-order valence-corrected chi connectivity index (χ3v) is 5.92. The number of benzene rings is 2. The summed E-state index contributed by atoms with van der Waals surface area (Å²) in [5.41, 5.74) is 8.65. The van der Waals surface area contributed by atoms with Gasteiger partial charge in [-0.1, -0.05) is 0 Å². The number of aromatic nitrogens is 2. The fourth-order valence-corrected chi connectivity index (χ4v) is 4.38. The largest absolute Gasteiger partial charge is 0.355 e. The van der Waals surface area contributed by atoms with Gasteiger partial charge in [0.15, 0.2) is 5.84 Å². The smallest absolute Gasteiger partial charge is 0.228 e. The Morgan fingerprint density at radius 1 is 1.00 bits per heavy atom. The summed E-state index contributed by atoms with van der Waals surface area (Å²) in [4.78, 5) is 1.65. The van der Waals surface area contributed by atoms with Gasteiger partial charge in [-0.25, -0.2) is 8.78 Å². The summed E-state index contributed by atoms with van der Waals surface area (Å²) in [7, 11) is 3.53. The third kappa shape index (κ3) is 3.72. The van der Waals surface area contributed by atoms with Gasteiger partial charge < -0.3 is 20.0 Å². The highest BCUT2D eigenvalue weighted by Crippen LogP contribution is 2.36. The van der Waals surface area contributed by atoms with Crippen LogP contribution in [0.2, 0.25) is 0 Å². The van der Waals surface area contributed by atoms with Crippen molar-refractivity contribution in [1.29, 1.82) is 0 Å². The molecule has 0 saturated carbocycles. The summed E-state index contributed by atoms with van der Waals surface area (Å²) in [5.74, 6) is -0.272. The second-order valence-corrected chi connectivity index (χ2v) is 8.04. The van der Waals surface area contributed by atoms with Crippen LogP contribution in [-0.2, 0) is 13.6 Å². The van der Waals surface area contributed by atoms with E-state index in [-0.39, 0.29) is 24.0 Å². The zero-order valence-electron chi connectivity index (χ0n) is 18.2. The molecule has 0 saturated heterocycles. The normalized spacial score (nSPS) is 16.1. The molecule has 3 heterocycles. The highest BCUT2D eigenvalue weighted by Gasteiger charge is 2.36. The number of fused-ring (bicyclic) bond motifs is 2. The number of nitrogens with zero attached hydrogens (tertiary/aromatic N) is 5. The molecule has 2 aromatic heterocycles. The molecule has 10 heteroatoms. The molecule has 0 aliphatic carbocycles. The maximum atomic E-state index is 14.2. The molecule has 0 bridgehead atoms. The van der Waals surface area contributed by atoms with Crippen LogP contribution in [0.3, 0.4) is 0 Å². The van der Waals surface area contributed by atoms with E-state index >= 15 is 0 Å². The second-order valence-electron chi connectivity index (χ2n) is 8.04. The van der Waals surface area contributed by atoms with Gasteiger partial charge in [0, 0.05) is 54.9 Å². The molecule has 0 fully saturated rings. The standard InChI is InChI=1S/C23H24F2N6O.ClH/c1-28-12-18(16-10-14(24)4-6-19(16)28)22-27-29(2)23(32)31(22)21-13-30(9-3-8-26)20-7-5-15(25)11-17(20)21;/h4-7,10-13,23,32H,3,8-9,26H2,1-2H3;1H. The Balaban J connectivity index is 0.00000259. The Morgan fingerprint density at radius 2 is 1.67 bits per heavy atom. The molecule has 1 aliphatic heterocycles. The summed E-state index contributed by atoms with van der Waals surface area (Å²) >= 11 is 0. The van der Waals surface area contributed by atoms with E-state index in [1.165, 1.54) is 29.3 Å². The van der Waals surface area contributed by atoms with Crippen LogP contribution in [0.5, 0.6) is 0 Å². The number of rotatable bonds is 5. The Labute approximate surface area is 195 Å². The molecule has 1 unspecified atom stereocenters. The second kappa shape index (κ2) is 8.66. The molecular weight excluding hydrogens is 450 g/mol. The molecule has 0 radical (unpaired) electrons. The first-order valence-electron chi connectivity index (χ1n) is 10.4. The number of hydrazone groups is 1. The molecule has 1 atom stereocenters. The van der Waals surface area contributed by atoms with Crippen molar-refractivity contribution in [3.05, 3.63) is 66.0 Å². The molecule has 174 valence electrons. The molecule has 0 amide bonds. The average Bonchev–Trinajstić information content (AvgIpc) is 3.38. The molecule has 4 aromatic rings. The maximum Gasteiger partial charge on any atom is 0.228 e. The van der Waals surface area contributed by atoms with E-state index in [0.29, 0.717) is 40.9 Å². The van der Waals surface area contributed by atoms with Gasteiger partial charge in [-0.05, 0) is 49.4 Å². The quantitative estimate of drug-likeness (QED) is 0.463. The average molecular weight is 475 g/mol. The fraction of sp³-hybridized carbons (Fsp3) is 0.261. The fourth-order valence-electron chi connectivity index (χ4n) is 4.38. The Hall–Kier alpha value is -3.14. The van der Waals surface area contributed by atoms with Crippen LogP contribution in [-0.4, -0.2) is 45.0 Å². The van der Waals surface area contributed by atoms with Crippen molar-refractivity contribution in [3.8, 4) is 0 Å². The molecule has 0 spiro atoms. The topological polar surface area (TPSA) is 75.0 Å². The molecular formula is C23H25ClF2N6O. The van der Waals surface area contributed by atoms with E-state index in [9.17, 15) is 13.9 Å². The number of aliphatic hydroxyl groups is 1. The minimum absolute atomic E-state index is 0. The summed E-state index contributed by atoms with van der Waals surface area (Å²) in [5, 5.41) is 18.3. The number of hydrogen-bond acceptors (Lipinski definition) is 5. The highest BCUT2D eigenvalue weighted by molar-refractivity contribution is 6.20. The Bertz CT molecular complexity index is 1360. The van der Waals surface area contributed by atoms with Crippen LogP contribution in [0, 0.1) is 11.6 Å². The third-order valence-electron chi connectivity index (χ3n) is 5.92. The number of anilines is 1. The lowest BCUT2D eigenvalue weighted by molar-refractivity contribution is 0.0468. The van der Waals surface area contributed by atoms with E-state index in [1.807, 2.05) is 28.6 Å². The van der Waals surface area contributed by atoms with Crippen molar-refractivity contribution in [1.82, 2.24) is 14.1 Å². The van der Waals surface area contributed by atoms with Gasteiger partial charge in [-0.2, -0.15) is 5.10 Å². The van der Waals surface area contributed by atoms with E-state index < -0.39 is 6.35 Å². The summed E-state index contributed by atoms with van der Waals surface area (Å²) in [6, 6.07) is 9.17. The lowest BCUT2D eigenvalue weighted by Crippen LogP contribution is -2.41. The molecule has 2 aromatic carbocycles. The first kappa shape index (κ1) is 23.0. The van der Waals surface area contributed by atoms with Gasteiger partial charge in [-0.3, -0.25) is 9.91 Å². The van der Waals surface area contributed by atoms with Gasteiger partial charge in [0.2, 0.25) is 6.35 Å². The van der Waals surface area contributed by atoms with Gasteiger partial charge in [0.05, 0.1) is 11.2 Å². The summed E-state index contributed by atoms with van der Waals surface area (Å²) in [6.07, 6.45) is 3.39. The van der Waals surface area contributed by atoms with Gasteiger partial charge in [-0.15, -0.1) is 12.4 Å². The zero-order valence-corrected chi connectivity index (χ0v) is 19.1. The predicted octanol–water partition coefficient (Wildman–Crippen LogP) is 3.57. The lowest BCUT2D eigenvalue weighted by atomic mass is 10.1. The Kier molecular flexibility index (Phi) is 6.04. The van der Waals surface area contributed by atoms with E-state index in [4.69, 9.17) is 5.73 Å². The van der Waals surface area contributed by atoms with Crippen LogP contribution in [0.25, 0.3) is 21.8 Å². The van der Waals surface area contributed by atoms with Gasteiger partial charge in [0.1, 0.15) is 11.6 Å². The van der Waals surface area contributed by atoms with Crippen molar-refractivity contribution >= 4 is 45.7 Å². The molecule has 3 N–H and O–H groups in total. The molecule has 1 aliphatic rings. The van der Waals surface area contributed by atoms with Crippen LogP contribution in [0.1, 0.15) is 12.0 Å². The summed E-state index contributed by atoms with van der Waals surface area (Å²) in [6.45, 7) is 1.18. The van der Waals surface area contributed by atoms with Crippen molar-refractivity contribution in [3.63, 3.8) is 0 Å². The van der Waals surface area contributed by atoms with E-state index in [2.05, 4.69) is 5.10 Å². The van der Waals surface area contributed by atoms with Crippen LogP contribution < -0.4 is 10.6 Å². The number of halogens is 3. The molecule has 33 heavy (non-hydrogen) atoms. The summed E-state index contributed by atoms with van der Waals surface area (Å²) < 4.78 is 32.2. The predicted molar refractivity (Wildman–Crippen MR) is 128 cm³/mol. The van der Waals surface area contributed by atoms with Gasteiger partial charge >= 0.3 is 0 Å². The van der Waals surface area contributed by atoms with Crippen LogP contribution in [0.15, 0.2) is 53.9 Å². The molecule has 5 rings (SSSR count). The number of amidine groups is 1. The van der Waals surface area contributed by atoms with Crippen molar-refractivity contribution in [2.75, 3.05) is 18.5 Å². The maximum absolute atomic E-state index is 14.2. The lowest BCUT2D eigenvalue weighted by Gasteiger charge is -2.25. The van der Waals surface area contributed by atoms with Crippen LogP contribution in [0.4, 0.5) is 14.5 Å². The minimum Gasteiger partial charge on any atom is -0.355 e. The number of aryl methyl sites for hydroxylation is 2.